The molecule has 4 heteroatoms. The van der Waals surface area contributed by atoms with Crippen molar-refractivity contribution >= 4 is 10.2 Å². The van der Waals surface area contributed by atoms with E-state index in [0.717, 1.165) is 16.4 Å². The highest BCUT2D eigenvalue weighted by Crippen LogP contribution is 1.72. The number of hydrogen-bond donors (Lipinski definition) is 0. The molecule has 7 heavy (non-hydrogen) atoms. The molecule has 0 aliphatic rings. The van der Waals surface area contributed by atoms with Crippen LogP contribution in [0.3, 0.4) is 0 Å². The third kappa shape index (κ3) is 0.864. The molecule has 1 aromatic rings. The largest absolute Gasteiger partial charge is 0.257 e. The standard InChI is InChI=1S/C3H7N3Si/c7-3-6-2-1-4-5-6/h1-2H,3H2,7H3. The van der Waals surface area contributed by atoms with Crippen molar-refractivity contribution in [2.45, 2.75) is 6.17 Å². The molecular formula is C3H7N3Si. The van der Waals surface area contributed by atoms with Crippen molar-refractivity contribution < 1.29 is 0 Å². The van der Waals surface area contributed by atoms with Gasteiger partial charge in [0.15, 0.2) is 0 Å². The van der Waals surface area contributed by atoms with Crippen LogP contribution in [0.25, 0.3) is 0 Å². The lowest BCUT2D eigenvalue weighted by molar-refractivity contribution is 0.695. The van der Waals surface area contributed by atoms with Crippen LogP contribution >= 0.6 is 0 Å². The first-order valence-electron chi connectivity index (χ1n) is 2.27. The summed E-state index contributed by atoms with van der Waals surface area (Å²) >= 11 is 0. The molecule has 0 aromatic carbocycles. The Labute approximate surface area is 44.8 Å². The van der Waals surface area contributed by atoms with Crippen LogP contribution in [0.4, 0.5) is 0 Å². The molecule has 1 heterocycles. The minimum atomic E-state index is 1.04. The Morgan fingerprint density at radius 3 is 2.86 bits per heavy atom. The third-order valence-electron chi connectivity index (χ3n) is 0.796. The smallest absolute Gasteiger partial charge is 0.0692 e. The van der Waals surface area contributed by atoms with E-state index in [1.54, 1.807) is 6.20 Å². The van der Waals surface area contributed by atoms with E-state index >= 15 is 0 Å². The molecule has 0 bridgehead atoms. The second-order valence-electron chi connectivity index (χ2n) is 1.26. The van der Waals surface area contributed by atoms with Gasteiger partial charge in [0.05, 0.1) is 6.20 Å². The average Bonchev–Trinajstić information content (AvgIpc) is 2.14. The Hall–Kier alpha value is -0.643. The Kier molecular flexibility index (Phi) is 1.21. The number of aromatic nitrogens is 3. The minimum absolute atomic E-state index is 1.04. The molecule has 1 aromatic heterocycles. The van der Waals surface area contributed by atoms with E-state index in [1.165, 1.54) is 0 Å². The van der Waals surface area contributed by atoms with E-state index < -0.39 is 0 Å². The Morgan fingerprint density at radius 2 is 2.57 bits per heavy atom. The van der Waals surface area contributed by atoms with Crippen LogP contribution in [-0.4, -0.2) is 25.2 Å². The molecule has 1 rings (SSSR count). The normalized spacial score (nSPS) is 9.71. The summed E-state index contributed by atoms with van der Waals surface area (Å²) < 4.78 is 1.83. The van der Waals surface area contributed by atoms with E-state index in [9.17, 15) is 0 Å². The number of hydrogen-bond acceptors (Lipinski definition) is 2. The molecular weight excluding hydrogens is 106 g/mol. The minimum Gasteiger partial charge on any atom is -0.257 e. The Balaban J connectivity index is 2.76. The van der Waals surface area contributed by atoms with Gasteiger partial charge in [-0.2, -0.15) is 0 Å². The zero-order valence-corrected chi connectivity index (χ0v) is 6.20. The van der Waals surface area contributed by atoms with E-state index in [0.29, 0.717) is 0 Å². The van der Waals surface area contributed by atoms with Crippen molar-refractivity contribution in [3.8, 4) is 0 Å². The summed E-state index contributed by atoms with van der Waals surface area (Å²) in [6, 6.07) is 0. The average molecular weight is 113 g/mol. The van der Waals surface area contributed by atoms with Gasteiger partial charge in [-0.05, 0) is 0 Å². The molecule has 0 amide bonds. The zero-order valence-electron chi connectivity index (χ0n) is 4.20. The predicted octanol–water partition coefficient (Wildman–Crippen LogP) is -1.40. The van der Waals surface area contributed by atoms with E-state index in [2.05, 4.69) is 10.3 Å². The van der Waals surface area contributed by atoms with Gasteiger partial charge in [-0.1, -0.05) is 5.21 Å². The summed E-state index contributed by atoms with van der Waals surface area (Å²) in [5.41, 5.74) is 0. The second-order valence-corrected chi connectivity index (χ2v) is 1.89. The van der Waals surface area contributed by atoms with E-state index in [1.807, 2.05) is 10.9 Å². The van der Waals surface area contributed by atoms with Crippen LogP contribution in [0.1, 0.15) is 0 Å². The lowest BCUT2D eigenvalue weighted by Crippen LogP contribution is -1.96. The summed E-state index contributed by atoms with van der Waals surface area (Å²) in [4.78, 5) is 0. The summed E-state index contributed by atoms with van der Waals surface area (Å²) in [6.45, 7) is 0. The van der Waals surface area contributed by atoms with Gasteiger partial charge in [0.1, 0.15) is 0 Å². The van der Waals surface area contributed by atoms with Crippen molar-refractivity contribution in [3.63, 3.8) is 0 Å². The number of rotatable bonds is 1. The SMILES string of the molecule is [SiH3]Cn1ccnn1. The van der Waals surface area contributed by atoms with Crippen molar-refractivity contribution in [2.75, 3.05) is 0 Å². The summed E-state index contributed by atoms with van der Waals surface area (Å²) in [6.07, 6.45) is 4.60. The van der Waals surface area contributed by atoms with Crippen molar-refractivity contribution in [1.82, 2.24) is 15.0 Å². The maximum Gasteiger partial charge on any atom is 0.0692 e. The van der Waals surface area contributed by atoms with Crippen LogP contribution in [-0.2, 0) is 6.17 Å². The molecule has 0 radical (unpaired) electrons. The van der Waals surface area contributed by atoms with Gasteiger partial charge in [-0.25, -0.2) is 0 Å². The molecule has 0 aliphatic heterocycles. The monoisotopic (exact) mass is 113 g/mol. The maximum absolute atomic E-state index is 3.74. The van der Waals surface area contributed by atoms with Gasteiger partial charge in [0, 0.05) is 22.6 Å². The van der Waals surface area contributed by atoms with Crippen molar-refractivity contribution in [2.24, 2.45) is 0 Å². The molecule has 3 nitrogen and oxygen atoms in total. The molecule has 0 aliphatic carbocycles. The van der Waals surface area contributed by atoms with E-state index in [-0.39, 0.29) is 0 Å². The highest BCUT2D eigenvalue weighted by Gasteiger charge is 1.78. The summed E-state index contributed by atoms with van der Waals surface area (Å²) in [5.74, 6) is 0. The molecule has 0 spiro atoms. The summed E-state index contributed by atoms with van der Waals surface area (Å²) in [5, 5.41) is 7.36. The lowest BCUT2D eigenvalue weighted by atomic mass is 10.9. The quantitative estimate of drug-likeness (QED) is 0.419. The maximum atomic E-state index is 3.74. The van der Waals surface area contributed by atoms with Crippen LogP contribution < -0.4 is 0 Å². The highest BCUT2D eigenvalue weighted by atomic mass is 28.1. The molecule has 0 N–H and O–H groups in total. The molecule has 0 saturated heterocycles. The Morgan fingerprint density at radius 1 is 1.71 bits per heavy atom. The lowest BCUT2D eigenvalue weighted by Gasteiger charge is -1.85. The molecule has 38 valence electrons. The Bertz CT molecular complexity index is 125. The second kappa shape index (κ2) is 1.88. The van der Waals surface area contributed by atoms with Crippen LogP contribution in [0, 0.1) is 0 Å². The fourth-order valence-electron chi connectivity index (χ4n) is 0.401. The van der Waals surface area contributed by atoms with Gasteiger partial charge in [-0.3, -0.25) is 4.68 Å². The van der Waals surface area contributed by atoms with Crippen LogP contribution in [0.15, 0.2) is 12.4 Å². The van der Waals surface area contributed by atoms with Gasteiger partial charge in [0.25, 0.3) is 0 Å². The van der Waals surface area contributed by atoms with Crippen LogP contribution in [0.2, 0.25) is 0 Å². The first kappa shape index (κ1) is 4.51. The van der Waals surface area contributed by atoms with Gasteiger partial charge in [0.2, 0.25) is 0 Å². The predicted molar refractivity (Wildman–Crippen MR) is 30.0 cm³/mol. The highest BCUT2D eigenvalue weighted by molar-refractivity contribution is 6.06. The molecule has 0 fully saturated rings. The molecule has 0 atom stereocenters. The number of nitrogens with zero attached hydrogens (tertiary/aromatic N) is 3. The summed E-state index contributed by atoms with van der Waals surface area (Å²) in [7, 11) is 1.15. The van der Waals surface area contributed by atoms with Gasteiger partial charge in [-0.15, -0.1) is 5.10 Å². The first-order chi connectivity index (χ1) is 3.43. The molecule has 0 saturated carbocycles. The van der Waals surface area contributed by atoms with Gasteiger partial charge >= 0.3 is 0 Å². The fourth-order valence-corrected chi connectivity index (χ4v) is 0.739. The third-order valence-corrected chi connectivity index (χ3v) is 1.44. The first-order valence-corrected chi connectivity index (χ1v) is 3.69. The van der Waals surface area contributed by atoms with E-state index in [4.69, 9.17) is 0 Å². The topological polar surface area (TPSA) is 30.7 Å². The van der Waals surface area contributed by atoms with Crippen molar-refractivity contribution in [1.29, 1.82) is 0 Å². The zero-order chi connectivity index (χ0) is 5.11. The molecule has 0 unspecified atom stereocenters. The fraction of sp³-hybridized carbons (Fsp3) is 0.333. The van der Waals surface area contributed by atoms with Crippen molar-refractivity contribution in [3.05, 3.63) is 12.4 Å². The van der Waals surface area contributed by atoms with Gasteiger partial charge < -0.3 is 0 Å². The van der Waals surface area contributed by atoms with Crippen LogP contribution in [0.5, 0.6) is 0 Å².